The van der Waals surface area contributed by atoms with Gasteiger partial charge in [-0.1, -0.05) is 0 Å². The third-order valence-corrected chi connectivity index (χ3v) is 6.03. The second-order valence-electron chi connectivity index (χ2n) is 3.88. The number of sulfonamides is 2. The molecule has 0 unspecified atom stereocenters. The fraction of sp³-hybridized carbons (Fsp3) is 1.00. The molecule has 0 aliphatic heterocycles. The molecule has 18 heavy (non-hydrogen) atoms. The van der Waals surface area contributed by atoms with Crippen LogP contribution in [0.15, 0.2) is 0 Å². The summed E-state index contributed by atoms with van der Waals surface area (Å²) in [6, 6.07) is 0. The molecule has 1 saturated carbocycles. The molecule has 0 atom stereocenters. The molecule has 0 heterocycles. The van der Waals surface area contributed by atoms with Gasteiger partial charge in [-0.3, -0.25) is 0 Å². The van der Waals surface area contributed by atoms with Gasteiger partial charge in [0, 0.05) is 5.25 Å². The molecule has 1 aliphatic carbocycles. The van der Waals surface area contributed by atoms with Gasteiger partial charge in [0.2, 0.25) is 0 Å². The Balaban J connectivity index is 2.84. The first-order valence-corrected chi connectivity index (χ1v) is 7.83. The fourth-order valence-corrected chi connectivity index (χ4v) is 4.35. The molecule has 0 amide bonds. The van der Waals surface area contributed by atoms with E-state index in [1.807, 2.05) is 4.13 Å². The molecule has 0 saturated heterocycles. The van der Waals surface area contributed by atoms with E-state index >= 15 is 0 Å². The van der Waals surface area contributed by atoms with Crippen LogP contribution in [0.25, 0.3) is 4.13 Å². The molecular weight excluding hydrogens is 302 g/mol. The van der Waals surface area contributed by atoms with Crippen molar-refractivity contribution in [1.82, 2.24) is 0 Å². The van der Waals surface area contributed by atoms with Crippen LogP contribution in [-0.2, 0) is 20.0 Å². The lowest BCUT2D eigenvalue weighted by atomic mass is 9.99. The molecule has 1 aliphatic rings. The van der Waals surface area contributed by atoms with Gasteiger partial charge in [0.05, 0.1) is 10.0 Å². The maximum absolute atomic E-state index is 12.7. The average molecular weight is 312 g/mol. The van der Waals surface area contributed by atoms with Gasteiger partial charge in [-0.25, -0.2) is 21.2 Å². The summed E-state index contributed by atoms with van der Waals surface area (Å²) in [5, 5.41) is -1.37. The Morgan fingerprint density at radius 2 is 1.39 bits per heavy atom. The van der Waals surface area contributed by atoms with Crippen LogP contribution in [0.3, 0.4) is 0 Å². The predicted octanol–water partition coefficient (Wildman–Crippen LogP) is 1.82. The normalized spacial score (nSPS) is 27.1. The smallest absolute Gasteiger partial charge is 0.428 e. The van der Waals surface area contributed by atoms with Crippen LogP contribution in [-0.4, -0.2) is 33.8 Å². The summed E-state index contributed by atoms with van der Waals surface area (Å²) in [7, 11) is -10.9. The third kappa shape index (κ3) is 3.54. The number of alkyl halides is 4. The number of hydrogen-bond donors (Lipinski definition) is 0. The molecule has 1 rings (SSSR count). The lowest BCUT2D eigenvalue weighted by Crippen LogP contribution is -2.31. The van der Waals surface area contributed by atoms with Crippen LogP contribution < -0.4 is 0 Å². The van der Waals surface area contributed by atoms with E-state index in [4.69, 9.17) is 0 Å². The number of rotatable bonds is 3. The lowest BCUT2D eigenvalue weighted by Gasteiger charge is -2.31. The molecule has 0 spiro atoms. The summed E-state index contributed by atoms with van der Waals surface area (Å²) in [4.78, 5) is 0. The molecule has 0 aromatic rings. The van der Waals surface area contributed by atoms with Gasteiger partial charge in [-0.05, 0) is 25.7 Å². The van der Waals surface area contributed by atoms with E-state index in [-0.39, 0.29) is 25.7 Å². The van der Waals surface area contributed by atoms with Gasteiger partial charge in [-0.15, -0.1) is 0 Å². The first kappa shape index (κ1) is 15.6. The second kappa shape index (κ2) is 4.93. The Morgan fingerprint density at radius 1 is 0.944 bits per heavy atom. The van der Waals surface area contributed by atoms with Crippen molar-refractivity contribution in [1.29, 1.82) is 0 Å². The van der Waals surface area contributed by atoms with E-state index in [1.54, 1.807) is 0 Å². The van der Waals surface area contributed by atoms with Crippen molar-refractivity contribution in [3.05, 3.63) is 4.13 Å². The summed E-state index contributed by atoms with van der Waals surface area (Å²) in [5.74, 6) is 0. The summed E-state index contributed by atoms with van der Waals surface area (Å²) in [5.41, 5.74) is -5.75. The van der Waals surface area contributed by atoms with Crippen LogP contribution in [0.1, 0.15) is 25.7 Å². The van der Waals surface area contributed by atoms with E-state index in [0.29, 0.717) is 0 Å². The first-order valence-electron chi connectivity index (χ1n) is 4.89. The molecule has 5 nitrogen and oxygen atoms in total. The first-order chi connectivity index (χ1) is 7.96. The Bertz CT molecular complexity index is 490. The Kier molecular flexibility index (Phi) is 4.28. The highest BCUT2D eigenvalue weighted by atomic mass is 32.3. The van der Waals surface area contributed by atoms with Crippen molar-refractivity contribution in [2.24, 2.45) is 0 Å². The van der Waals surface area contributed by atoms with E-state index in [9.17, 15) is 34.4 Å². The van der Waals surface area contributed by atoms with Gasteiger partial charge in [-0.2, -0.15) is 13.2 Å². The Morgan fingerprint density at radius 3 is 1.78 bits per heavy atom. The maximum Gasteiger partial charge on any atom is 0.480 e. The van der Waals surface area contributed by atoms with Crippen molar-refractivity contribution in [3.8, 4) is 0 Å². The van der Waals surface area contributed by atoms with Crippen LogP contribution >= 0.6 is 0 Å². The Labute approximate surface area is 102 Å². The van der Waals surface area contributed by atoms with Crippen LogP contribution in [0.2, 0.25) is 0 Å². The van der Waals surface area contributed by atoms with E-state index < -0.39 is 37.0 Å². The van der Waals surface area contributed by atoms with Crippen molar-refractivity contribution in [2.45, 2.75) is 42.6 Å². The molecule has 0 bridgehead atoms. The SMILES string of the molecule is O=S(=O)([N-]S(=O)(=O)C(F)(F)F)C1CCC(F)CC1. The molecule has 0 radical (unpaired) electrons. The van der Waals surface area contributed by atoms with Gasteiger partial charge < -0.3 is 4.13 Å². The minimum atomic E-state index is -6.07. The van der Waals surface area contributed by atoms with E-state index in [2.05, 4.69) is 0 Å². The average Bonchev–Trinajstić information content (AvgIpc) is 2.14. The predicted molar refractivity (Wildman–Crippen MR) is 54.4 cm³/mol. The second-order valence-corrected chi connectivity index (χ2v) is 7.59. The zero-order chi connectivity index (χ0) is 14.2. The molecular formula is C7H10F4NO4S2-. The molecule has 108 valence electrons. The standard InChI is InChI=1S/C7H10F4NO4S2/c8-5-1-3-6(4-2-5)17(13,14)12-18(15,16)7(9,10)11/h5-6H,1-4H2/q-1. The quantitative estimate of drug-likeness (QED) is 0.744. The van der Waals surface area contributed by atoms with E-state index in [0.717, 1.165) is 0 Å². The minimum absolute atomic E-state index is 0.133. The number of hydrogen-bond acceptors (Lipinski definition) is 4. The maximum atomic E-state index is 12.7. The molecule has 0 N–H and O–H groups in total. The minimum Gasteiger partial charge on any atom is -0.428 e. The van der Waals surface area contributed by atoms with Gasteiger partial charge >= 0.3 is 5.51 Å². The van der Waals surface area contributed by atoms with Crippen LogP contribution in [0, 0.1) is 0 Å². The van der Waals surface area contributed by atoms with Gasteiger partial charge in [0.1, 0.15) is 6.17 Å². The highest BCUT2D eigenvalue weighted by Gasteiger charge is 2.41. The zero-order valence-electron chi connectivity index (χ0n) is 8.89. The molecule has 1 fully saturated rings. The van der Waals surface area contributed by atoms with Crippen molar-refractivity contribution >= 4 is 20.0 Å². The monoisotopic (exact) mass is 312 g/mol. The third-order valence-electron chi connectivity index (χ3n) is 2.52. The van der Waals surface area contributed by atoms with E-state index in [1.165, 1.54) is 0 Å². The summed E-state index contributed by atoms with van der Waals surface area (Å²) in [6.45, 7) is 0. The van der Waals surface area contributed by atoms with Crippen molar-refractivity contribution < 1.29 is 34.4 Å². The summed E-state index contributed by atoms with van der Waals surface area (Å²) < 4.78 is 94.7. The molecule has 0 aromatic heterocycles. The zero-order valence-corrected chi connectivity index (χ0v) is 10.5. The number of nitrogens with zero attached hydrogens (tertiary/aromatic N) is 1. The summed E-state index contributed by atoms with van der Waals surface area (Å²) in [6.07, 6.45) is -1.95. The lowest BCUT2D eigenvalue weighted by molar-refractivity contribution is -0.0425. The Hall–Kier alpha value is -0.420. The summed E-state index contributed by atoms with van der Waals surface area (Å²) >= 11 is 0. The molecule has 0 aromatic carbocycles. The van der Waals surface area contributed by atoms with Crippen LogP contribution in [0.4, 0.5) is 17.6 Å². The van der Waals surface area contributed by atoms with Crippen molar-refractivity contribution in [2.75, 3.05) is 0 Å². The fourth-order valence-electron chi connectivity index (χ4n) is 1.56. The highest BCUT2D eigenvalue weighted by Crippen LogP contribution is 2.35. The molecule has 11 heteroatoms. The van der Waals surface area contributed by atoms with Gasteiger partial charge in [0.15, 0.2) is 10.0 Å². The van der Waals surface area contributed by atoms with Gasteiger partial charge in [0.25, 0.3) is 0 Å². The van der Waals surface area contributed by atoms with Crippen molar-refractivity contribution in [3.63, 3.8) is 0 Å². The number of halogens is 4. The topological polar surface area (TPSA) is 82.4 Å². The van der Waals surface area contributed by atoms with Crippen LogP contribution in [0.5, 0.6) is 0 Å². The highest BCUT2D eigenvalue weighted by molar-refractivity contribution is 8.12. The largest absolute Gasteiger partial charge is 0.480 e.